The molecule has 1 aliphatic rings. The maximum absolute atomic E-state index is 12.1. The molecule has 1 unspecified atom stereocenters. The second-order valence-corrected chi connectivity index (χ2v) is 5.44. The zero-order valence-corrected chi connectivity index (χ0v) is 13.9. The lowest BCUT2D eigenvalue weighted by Crippen LogP contribution is -2.48. The van der Waals surface area contributed by atoms with E-state index in [1.165, 1.54) is 6.42 Å². The molecule has 0 radical (unpaired) electrons. The molecule has 1 amide bonds. The Morgan fingerprint density at radius 3 is 2.91 bits per heavy atom. The van der Waals surface area contributed by atoms with Crippen molar-refractivity contribution in [2.24, 2.45) is 5.73 Å². The Bertz CT molecular complexity index is 470. The number of carbonyl (C=O) groups excluding carboxylic acids is 1. The summed E-state index contributed by atoms with van der Waals surface area (Å²) in [5.41, 5.74) is 6.77. The van der Waals surface area contributed by atoms with Crippen molar-refractivity contribution >= 4 is 18.3 Å². The van der Waals surface area contributed by atoms with E-state index in [9.17, 15) is 4.79 Å². The first kappa shape index (κ1) is 18.7. The van der Waals surface area contributed by atoms with Gasteiger partial charge in [-0.3, -0.25) is 9.69 Å². The van der Waals surface area contributed by atoms with Gasteiger partial charge in [-0.1, -0.05) is 24.6 Å². The van der Waals surface area contributed by atoms with Crippen molar-refractivity contribution in [3.63, 3.8) is 0 Å². The number of nitrogens with two attached hydrogens (primary N) is 1. The molecule has 22 heavy (non-hydrogen) atoms. The van der Waals surface area contributed by atoms with Gasteiger partial charge in [-0.15, -0.1) is 12.4 Å². The lowest BCUT2D eigenvalue weighted by molar-refractivity contribution is -0.123. The normalized spacial score (nSPS) is 18.4. The average Bonchev–Trinajstić information content (AvgIpc) is 2.53. The van der Waals surface area contributed by atoms with Gasteiger partial charge in [0.05, 0.1) is 13.7 Å². The number of para-hydroxylation sites is 1. The van der Waals surface area contributed by atoms with Crippen LogP contribution in [0.1, 0.15) is 24.8 Å². The lowest BCUT2D eigenvalue weighted by atomic mass is 10.0. The van der Waals surface area contributed by atoms with Crippen LogP contribution in [-0.2, 0) is 11.3 Å². The van der Waals surface area contributed by atoms with Crippen molar-refractivity contribution in [2.75, 3.05) is 26.7 Å². The van der Waals surface area contributed by atoms with Gasteiger partial charge in [0.25, 0.3) is 0 Å². The first-order chi connectivity index (χ1) is 10.2. The molecule has 2 rings (SSSR count). The molecule has 1 heterocycles. The van der Waals surface area contributed by atoms with Crippen LogP contribution in [-0.4, -0.2) is 43.6 Å². The minimum atomic E-state index is 0. The third-order valence-corrected chi connectivity index (χ3v) is 4.04. The van der Waals surface area contributed by atoms with E-state index >= 15 is 0 Å². The van der Waals surface area contributed by atoms with E-state index < -0.39 is 0 Å². The Hall–Kier alpha value is -1.30. The predicted molar refractivity (Wildman–Crippen MR) is 90.4 cm³/mol. The molecular weight excluding hydrogens is 302 g/mol. The fourth-order valence-corrected chi connectivity index (χ4v) is 2.82. The molecular formula is C16H26ClN3O2. The van der Waals surface area contributed by atoms with Crippen molar-refractivity contribution in [1.82, 2.24) is 10.2 Å². The summed E-state index contributed by atoms with van der Waals surface area (Å²) in [5, 5.41) is 2.96. The highest BCUT2D eigenvalue weighted by molar-refractivity contribution is 5.85. The van der Waals surface area contributed by atoms with E-state index in [4.69, 9.17) is 10.5 Å². The summed E-state index contributed by atoms with van der Waals surface area (Å²) in [7, 11) is 1.64. The van der Waals surface area contributed by atoms with Crippen LogP contribution >= 0.6 is 12.4 Å². The number of carbonyl (C=O) groups is 1. The van der Waals surface area contributed by atoms with Gasteiger partial charge in [0.15, 0.2) is 0 Å². The Morgan fingerprint density at radius 2 is 2.18 bits per heavy atom. The van der Waals surface area contributed by atoms with Crippen LogP contribution in [0.2, 0.25) is 0 Å². The molecule has 0 aliphatic carbocycles. The zero-order chi connectivity index (χ0) is 15.1. The topological polar surface area (TPSA) is 67.6 Å². The van der Waals surface area contributed by atoms with Gasteiger partial charge in [0.2, 0.25) is 5.91 Å². The highest BCUT2D eigenvalue weighted by Gasteiger charge is 2.22. The van der Waals surface area contributed by atoms with E-state index in [1.54, 1.807) is 7.11 Å². The van der Waals surface area contributed by atoms with Crippen molar-refractivity contribution in [2.45, 2.75) is 31.8 Å². The molecule has 124 valence electrons. The van der Waals surface area contributed by atoms with Crippen LogP contribution < -0.4 is 15.8 Å². The number of rotatable bonds is 6. The number of hydrogen-bond donors (Lipinski definition) is 2. The molecule has 5 nitrogen and oxygen atoms in total. The van der Waals surface area contributed by atoms with Gasteiger partial charge in [-0.25, -0.2) is 0 Å². The summed E-state index contributed by atoms with van der Waals surface area (Å²) in [6, 6.07) is 8.07. The first-order valence-corrected chi connectivity index (χ1v) is 7.57. The number of halogens is 1. The van der Waals surface area contributed by atoms with Crippen LogP contribution in [0.15, 0.2) is 24.3 Å². The molecule has 6 heteroatoms. The van der Waals surface area contributed by atoms with Crippen molar-refractivity contribution < 1.29 is 9.53 Å². The Balaban J connectivity index is 0.00000242. The molecule has 0 saturated carbocycles. The molecule has 1 aromatic carbocycles. The number of amides is 1. The number of likely N-dealkylation sites (tertiary alicyclic amines) is 1. The highest BCUT2D eigenvalue weighted by Crippen LogP contribution is 2.17. The molecule has 1 aromatic rings. The van der Waals surface area contributed by atoms with E-state index in [1.807, 2.05) is 24.3 Å². The van der Waals surface area contributed by atoms with Crippen LogP contribution in [0.25, 0.3) is 0 Å². The number of piperidine rings is 1. The average molecular weight is 328 g/mol. The van der Waals surface area contributed by atoms with E-state index in [2.05, 4.69) is 10.2 Å². The van der Waals surface area contributed by atoms with Gasteiger partial charge < -0.3 is 15.8 Å². The van der Waals surface area contributed by atoms with Crippen LogP contribution in [0.5, 0.6) is 5.75 Å². The van der Waals surface area contributed by atoms with Crippen LogP contribution in [0, 0.1) is 0 Å². The zero-order valence-electron chi connectivity index (χ0n) is 13.1. The van der Waals surface area contributed by atoms with Crippen molar-refractivity contribution in [3.8, 4) is 5.75 Å². The van der Waals surface area contributed by atoms with Gasteiger partial charge >= 0.3 is 0 Å². The number of ether oxygens (including phenoxy) is 1. The first-order valence-electron chi connectivity index (χ1n) is 7.57. The molecule has 3 N–H and O–H groups in total. The summed E-state index contributed by atoms with van der Waals surface area (Å²) < 4.78 is 5.28. The standard InChI is InChI=1S/C16H25N3O2.ClH/c1-21-15-8-3-2-6-13(15)11-18-16(20)12-19-9-5-4-7-14(19)10-17;/h2-3,6,8,14H,4-5,7,9-12,17H2,1H3,(H,18,20);1H. The third kappa shape index (κ3) is 5.16. The molecule has 0 bridgehead atoms. The highest BCUT2D eigenvalue weighted by atomic mass is 35.5. The van der Waals surface area contributed by atoms with Crippen LogP contribution in [0.4, 0.5) is 0 Å². The van der Waals surface area contributed by atoms with Gasteiger partial charge in [0.1, 0.15) is 5.75 Å². The molecule has 1 aliphatic heterocycles. The molecule has 0 aromatic heterocycles. The fourth-order valence-electron chi connectivity index (χ4n) is 2.82. The maximum atomic E-state index is 12.1. The minimum absolute atomic E-state index is 0. The molecule has 1 atom stereocenters. The second kappa shape index (κ2) is 9.66. The SMILES string of the molecule is COc1ccccc1CNC(=O)CN1CCCCC1CN.Cl. The Labute approximate surface area is 138 Å². The Kier molecular flexibility index (Phi) is 8.24. The Morgan fingerprint density at radius 1 is 1.41 bits per heavy atom. The summed E-state index contributed by atoms with van der Waals surface area (Å²) in [5.74, 6) is 0.844. The third-order valence-electron chi connectivity index (χ3n) is 4.04. The second-order valence-electron chi connectivity index (χ2n) is 5.44. The maximum Gasteiger partial charge on any atom is 0.234 e. The lowest BCUT2D eigenvalue weighted by Gasteiger charge is -2.34. The summed E-state index contributed by atoms with van der Waals surface area (Å²) in [6.45, 7) is 2.50. The largest absolute Gasteiger partial charge is 0.496 e. The van der Waals surface area contributed by atoms with Crippen LogP contribution in [0.3, 0.4) is 0 Å². The minimum Gasteiger partial charge on any atom is -0.496 e. The van der Waals surface area contributed by atoms with Gasteiger partial charge in [-0.2, -0.15) is 0 Å². The molecule has 1 saturated heterocycles. The van der Waals surface area contributed by atoms with Gasteiger partial charge in [0, 0.05) is 24.7 Å². The molecule has 1 fully saturated rings. The fraction of sp³-hybridized carbons (Fsp3) is 0.562. The summed E-state index contributed by atoms with van der Waals surface area (Å²) >= 11 is 0. The van der Waals surface area contributed by atoms with E-state index in [0.29, 0.717) is 25.7 Å². The quantitative estimate of drug-likeness (QED) is 0.832. The number of benzene rings is 1. The summed E-state index contributed by atoms with van der Waals surface area (Å²) in [6.07, 6.45) is 3.45. The smallest absolute Gasteiger partial charge is 0.234 e. The van der Waals surface area contributed by atoms with Crippen molar-refractivity contribution in [1.29, 1.82) is 0 Å². The van der Waals surface area contributed by atoms with Gasteiger partial charge in [-0.05, 0) is 25.5 Å². The predicted octanol–water partition coefficient (Wildman–Crippen LogP) is 1.55. The van der Waals surface area contributed by atoms with Crippen molar-refractivity contribution in [3.05, 3.63) is 29.8 Å². The van der Waals surface area contributed by atoms with E-state index in [0.717, 1.165) is 30.7 Å². The van der Waals surface area contributed by atoms with E-state index in [-0.39, 0.29) is 18.3 Å². The number of methoxy groups -OCH3 is 1. The monoisotopic (exact) mass is 327 g/mol. The number of nitrogens with one attached hydrogen (secondary N) is 1. The number of hydrogen-bond acceptors (Lipinski definition) is 4. The molecule has 0 spiro atoms. The summed E-state index contributed by atoms with van der Waals surface area (Å²) in [4.78, 5) is 14.3. The number of nitrogens with zero attached hydrogens (tertiary/aromatic N) is 1.